The van der Waals surface area contributed by atoms with E-state index in [2.05, 4.69) is 5.32 Å². The molecule has 0 aromatic rings. The van der Waals surface area contributed by atoms with Crippen molar-refractivity contribution in [1.82, 2.24) is 5.32 Å². The van der Waals surface area contributed by atoms with Crippen LogP contribution in [0.5, 0.6) is 0 Å². The normalized spacial score (nSPS) is 32.1. The number of rotatable bonds is 3. The first kappa shape index (κ1) is 13.8. The number of carboxylic acid groups (broad SMARTS) is 1. The van der Waals surface area contributed by atoms with Crippen LogP contribution in [0.4, 0.5) is 0 Å². The molecule has 6 nitrogen and oxygen atoms in total. The highest BCUT2D eigenvalue weighted by molar-refractivity contribution is 7.94. The van der Waals surface area contributed by atoms with Crippen molar-refractivity contribution in [3.63, 3.8) is 0 Å². The number of hydrogen-bond donors (Lipinski definition) is 2. The molecule has 0 spiro atoms. The van der Waals surface area contributed by atoms with Gasteiger partial charge in [-0.05, 0) is 18.9 Å². The molecule has 0 fully saturated rings. The van der Waals surface area contributed by atoms with E-state index in [1.165, 1.54) is 6.08 Å². The van der Waals surface area contributed by atoms with Crippen LogP contribution in [-0.2, 0) is 19.4 Å². The molecule has 2 rings (SSSR count). The maximum atomic E-state index is 12.0. The number of allylic oxidation sites excluding steroid dienone is 2. The minimum atomic E-state index is -3.23. The second-order valence-corrected chi connectivity index (χ2v) is 6.70. The molecule has 0 radical (unpaired) electrons. The van der Waals surface area contributed by atoms with Gasteiger partial charge in [0.15, 0.2) is 9.84 Å². The lowest BCUT2D eigenvalue weighted by molar-refractivity contribution is -0.147. The van der Waals surface area contributed by atoms with Crippen molar-refractivity contribution in [3.05, 3.63) is 23.6 Å². The zero-order chi connectivity index (χ0) is 14.0. The average Bonchev–Trinajstić information content (AvgIpc) is 2.68. The van der Waals surface area contributed by atoms with Crippen molar-refractivity contribution < 1.29 is 23.1 Å². The van der Waals surface area contributed by atoms with Crippen molar-refractivity contribution >= 4 is 21.7 Å². The molecular formula is C12H15NO5S. The molecule has 0 aromatic heterocycles. The Morgan fingerprint density at radius 1 is 1.16 bits per heavy atom. The molecule has 3 unspecified atom stereocenters. The summed E-state index contributed by atoms with van der Waals surface area (Å²) in [6.45, 7) is 0. The van der Waals surface area contributed by atoms with E-state index in [-0.39, 0.29) is 5.75 Å². The molecule has 1 amide bonds. The van der Waals surface area contributed by atoms with Crippen LogP contribution in [-0.4, -0.2) is 37.2 Å². The largest absolute Gasteiger partial charge is 0.481 e. The minimum Gasteiger partial charge on any atom is -0.481 e. The second-order valence-electron chi connectivity index (χ2n) is 4.77. The maximum absolute atomic E-state index is 12.0. The first-order valence-corrected chi connectivity index (χ1v) is 7.70. The lowest BCUT2D eigenvalue weighted by Crippen LogP contribution is -2.43. The van der Waals surface area contributed by atoms with Gasteiger partial charge < -0.3 is 10.4 Å². The number of carbonyl (C=O) groups is 2. The molecule has 7 heteroatoms. The maximum Gasteiger partial charge on any atom is 0.307 e. The lowest BCUT2D eigenvalue weighted by atomic mass is 9.82. The zero-order valence-corrected chi connectivity index (χ0v) is 11.0. The van der Waals surface area contributed by atoms with Gasteiger partial charge in [-0.15, -0.1) is 0 Å². The molecule has 1 heterocycles. The molecule has 0 aromatic carbocycles. The predicted molar refractivity (Wildman–Crippen MR) is 67.8 cm³/mol. The fourth-order valence-electron chi connectivity index (χ4n) is 2.33. The second kappa shape index (κ2) is 5.16. The molecule has 1 aliphatic carbocycles. The van der Waals surface area contributed by atoms with Gasteiger partial charge in [-0.1, -0.05) is 12.2 Å². The van der Waals surface area contributed by atoms with E-state index in [1.54, 1.807) is 12.2 Å². The van der Waals surface area contributed by atoms with Crippen LogP contribution in [0.1, 0.15) is 12.8 Å². The van der Waals surface area contributed by atoms with Crippen molar-refractivity contribution in [2.24, 2.45) is 11.8 Å². The van der Waals surface area contributed by atoms with Crippen molar-refractivity contribution in [2.75, 3.05) is 5.75 Å². The van der Waals surface area contributed by atoms with Gasteiger partial charge in [0.25, 0.3) is 0 Å². The third-order valence-electron chi connectivity index (χ3n) is 3.34. The highest BCUT2D eigenvalue weighted by Crippen LogP contribution is 2.26. The lowest BCUT2D eigenvalue weighted by Gasteiger charge is -2.25. The summed E-state index contributed by atoms with van der Waals surface area (Å²) in [6.07, 6.45) is 5.65. The predicted octanol–water partition coefficient (Wildman–Crippen LogP) is 0.0803. The monoisotopic (exact) mass is 285 g/mol. The van der Waals surface area contributed by atoms with Gasteiger partial charge in [0.05, 0.1) is 23.6 Å². The molecule has 3 atom stereocenters. The fraction of sp³-hybridized carbons (Fsp3) is 0.500. The third-order valence-corrected chi connectivity index (χ3v) is 4.74. The molecule has 0 saturated heterocycles. The van der Waals surface area contributed by atoms with E-state index in [9.17, 15) is 18.0 Å². The Bertz CT molecular complexity index is 548. The highest BCUT2D eigenvalue weighted by Gasteiger charge is 2.35. The molecule has 1 aliphatic heterocycles. The number of sulfone groups is 1. The molecule has 104 valence electrons. The zero-order valence-electron chi connectivity index (χ0n) is 10.2. The summed E-state index contributed by atoms with van der Waals surface area (Å²) in [6, 6.07) is -0.558. The number of nitrogens with one attached hydrogen (secondary N) is 1. The van der Waals surface area contributed by atoms with Crippen LogP contribution >= 0.6 is 0 Å². The van der Waals surface area contributed by atoms with E-state index < -0.39 is 39.6 Å². The summed E-state index contributed by atoms with van der Waals surface area (Å²) < 4.78 is 22.5. The Balaban J connectivity index is 2.02. The SMILES string of the molecule is O=C(O)C1CC=CCC1C(=O)NC1C=CS(=O)(=O)C1. The third kappa shape index (κ3) is 3.23. The topological polar surface area (TPSA) is 101 Å². The van der Waals surface area contributed by atoms with Gasteiger partial charge in [0, 0.05) is 5.41 Å². The quantitative estimate of drug-likeness (QED) is 0.715. The Morgan fingerprint density at radius 2 is 1.79 bits per heavy atom. The number of carboxylic acids is 1. The minimum absolute atomic E-state index is 0.154. The van der Waals surface area contributed by atoms with Gasteiger partial charge in [-0.25, -0.2) is 8.42 Å². The number of hydrogen-bond acceptors (Lipinski definition) is 4. The van der Waals surface area contributed by atoms with E-state index in [1.807, 2.05) is 0 Å². The molecule has 2 aliphatic rings. The molecule has 2 N–H and O–H groups in total. The van der Waals surface area contributed by atoms with Crippen LogP contribution in [0.2, 0.25) is 0 Å². The standard InChI is InChI=1S/C12H15NO5S/c14-11(13-8-5-6-19(17,18)7-8)9-3-1-2-4-10(9)12(15)16/h1-2,5-6,8-10H,3-4,7H2,(H,13,14)(H,15,16). The van der Waals surface area contributed by atoms with E-state index in [0.29, 0.717) is 12.8 Å². The summed E-state index contributed by atoms with van der Waals surface area (Å²) in [5.74, 6) is -2.94. The van der Waals surface area contributed by atoms with E-state index in [0.717, 1.165) is 5.41 Å². The Hall–Kier alpha value is -1.63. The van der Waals surface area contributed by atoms with E-state index in [4.69, 9.17) is 5.11 Å². The first-order valence-electron chi connectivity index (χ1n) is 5.98. The summed E-state index contributed by atoms with van der Waals surface area (Å²) in [5.41, 5.74) is 0. The van der Waals surface area contributed by atoms with Gasteiger partial charge in [0.1, 0.15) is 0 Å². The van der Waals surface area contributed by atoms with Crippen LogP contribution < -0.4 is 5.32 Å². The average molecular weight is 285 g/mol. The molecule has 19 heavy (non-hydrogen) atoms. The number of carbonyl (C=O) groups excluding carboxylic acids is 1. The van der Waals surface area contributed by atoms with Gasteiger partial charge >= 0.3 is 5.97 Å². The number of amides is 1. The molecule has 0 bridgehead atoms. The van der Waals surface area contributed by atoms with Crippen molar-refractivity contribution in [3.8, 4) is 0 Å². The van der Waals surface area contributed by atoms with Crippen LogP contribution in [0.25, 0.3) is 0 Å². The number of aliphatic carboxylic acids is 1. The van der Waals surface area contributed by atoms with Gasteiger partial charge in [0.2, 0.25) is 5.91 Å². The van der Waals surface area contributed by atoms with Gasteiger partial charge in [-0.2, -0.15) is 0 Å². The summed E-state index contributed by atoms with van der Waals surface area (Å²) in [4.78, 5) is 23.1. The van der Waals surface area contributed by atoms with Crippen LogP contribution in [0, 0.1) is 11.8 Å². The first-order chi connectivity index (χ1) is 8.89. The molecule has 0 saturated carbocycles. The fourth-order valence-corrected chi connectivity index (χ4v) is 3.57. The summed E-state index contributed by atoms with van der Waals surface area (Å²) >= 11 is 0. The van der Waals surface area contributed by atoms with Gasteiger partial charge in [-0.3, -0.25) is 9.59 Å². The Kier molecular flexibility index (Phi) is 3.75. The Morgan fingerprint density at radius 3 is 2.32 bits per heavy atom. The summed E-state index contributed by atoms with van der Waals surface area (Å²) in [7, 11) is -3.23. The highest BCUT2D eigenvalue weighted by atomic mass is 32.2. The van der Waals surface area contributed by atoms with Crippen LogP contribution in [0.3, 0.4) is 0 Å². The van der Waals surface area contributed by atoms with Crippen LogP contribution in [0.15, 0.2) is 23.6 Å². The van der Waals surface area contributed by atoms with E-state index >= 15 is 0 Å². The summed E-state index contributed by atoms with van der Waals surface area (Å²) in [5, 5.41) is 12.7. The van der Waals surface area contributed by atoms with Crippen molar-refractivity contribution in [2.45, 2.75) is 18.9 Å². The smallest absolute Gasteiger partial charge is 0.307 e. The Labute approximate surface area is 111 Å². The van der Waals surface area contributed by atoms with Crippen molar-refractivity contribution in [1.29, 1.82) is 0 Å². The molecular weight excluding hydrogens is 270 g/mol.